The van der Waals surface area contributed by atoms with E-state index in [0.29, 0.717) is 6.04 Å². The molecule has 1 fully saturated rings. The zero-order chi connectivity index (χ0) is 12.1. The topological polar surface area (TPSA) is 39.1 Å². The van der Waals surface area contributed by atoms with Crippen LogP contribution in [0.5, 0.6) is 0 Å². The first kappa shape index (κ1) is 12.6. The van der Waals surface area contributed by atoms with Crippen LogP contribution in [-0.2, 0) is 17.8 Å². The van der Waals surface area contributed by atoms with Crippen LogP contribution in [0.2, 0.25) is 0 Å². The third-order valence-electron chi connectivity index (χ3n) is 3.19. The van der Waals surface area contributed by atoms with Gasteiger partial charge in [0.05, 0.1) is 6.20 Å². The summed E-state index contributed by atoms with van der Waals surface area (Å²) < 4.78 is 7.44. The van der Waals surface area contributed by atoms with E-state index < -0.39 is 0 Å². The van der Waals surface area contributed by atoms with Crippen LogP contribution in [0.3, 0.4) is 0 Å². The van der Waals surface area contributed by atoms with E-state index in [0.717, 1.165) is 32.2 Å². The van der Waals surface area contributed by atoms with Crippen LogP contribution in [0.1, 0.15) is 32.3 Å². The molecule has 17 heavy (non-hydrogen) atoms. The Hall–Kier alpha value is -0.870. The molecule has 4 nitrogen and oxygen atoms in total. The number of aromatic nitrogens is 2. The van der Waals surface area contributed by atoms with Crippen LogP contribution in [0.15, 0.2) is 12.4 Å². The van der Waals surface area contributed by atoms with Gasteiger partial charge in [0.1, 0.15) is 0 Å². The lowest BCUT2D eigenvalue weighted by molar-refractivity contribution is 0.0601. The molecule has 0 radical (unpaired) electrons. The highest BCUT2D eigenvalue weighted by atomic mass is 16.5. The Kier molecular flexibility index (Phi) is 4.57. The van der Waals surface area contributed by atoms with E-state index in [1.165, 1.54) is 18.4 Å². The van der Waals surface area contributed by atoms with E-state index in [1.807, 2.05) is 6.20 Å². The summed E-state index contributed by atoms with van der Waals surface area (Å²) in [6.45, 7) is 8.08. The average Bonchev–Trinajstić information content (AvgIpc) is 2.75. The molecule has 1 N–H and O–H groups in total. The molecular formula is C13H23N3O. The fraction of sp³-hybridized carbons (Fsp3) is 0.769. The van der Waals surface area contributed by atoms with E-state index in [1.54, 1.807) is 0 Å². The maximum Gasteiger partial charge on any atom is 0.0534 e. The minimum Gasteiger partial charge on any atom is -0.381 e. The number of ether oxygens (including phenoxy) is 1. The molecule has 0 atom stereocenters. The fourth-order valence-corrected chi connectivity index (χ4v) is 2.11. The van der Waals surface area contributed by atoms with E-state index in [9.17, 15) is 0 Å². The molecule has 4 heteroatoms. The normalized spacial score (nSPS) is 17.8. The van der Waals surface area contributed by atoms with Gasteiger partial charge in [-0.25, -0.2) is 0 Å². The van der Waals surface area contributed by atoms with Gasteiger partial charge < -0.3 is 10.1 Å². The molecule has 96 valence electrons. The minimum absolute atomic E-state index is 0.522. The predicted molar refractivity (Wildman–Crippen MR) is 67.7 cm³/mol. The fourth-order valence-electron chi connectivity index (χ4n) is 2.11. The molecule has 0 aromatic carbocycles. The van der Waals surface area contributed by atoms with Crippen molar-refractivity contribution in [2.24, 2.45) is 5.92 Å². The molecule has 2 heterocycles. The Balaban J connectivity index is 1.80. The average molecular weight is 237 g/mol. The number of hydrogen-bond donors (Lipinski definition) is 1. The van der Waals surface area contributed by atoms with Crippen molar-refractivity contribution in [1.82, 2.24) is 15.1 Å². The van der Waals surface area contributed by atoms with Crippen molar-refractivity contribution < 1.29 is 4.74 Å². The molecule has 1 saturated heterocycles. The SMILES string of the molecule is CC(C)NCc1cnn(CC2CCOCC2)c1. The molecule has 0 unspecified atom stereocenters. The molecule has 0 bridgehead atoms. The second-order valence-electron chi connectivity index (χ2n) is 5.16. The highest BCUT2D eigenvalue weighted by Gasteiger charge is 2.14. The monoisotopic (exact) mass is 237 g/mol. The number of nitrogens with zero attached hydrogens (tertiary/aromatic N) is 2. The molecule has 0 saturated carbocycles. The third-order valence-corrected chi connectivity index (χ3v) is 3.19. The third kappa shape index (κ3) is 4.13. The molecule has 1 aromatic heterocycles. The van der Waals surface area contributed by atoms with Crippen LogP contribution >= 0.6 is 0 Å². The van der Waals surface area contributed by atoms with Gasteiger partial charge in [-0.1, -0.05) is 13.8 Å². The van der Waals surface area contributed by atoms with E-state index in [4.69, 9.17) is 4.74 Å². The van der Waals surface area contributed by atoms with Gasteiger partial charge in [0, 0.05) is 44.1 Å². The van der Waals surface area contributed by atoms with Crippen molar-refractivity contribution in [1.29, 1.82) is 0 Å². The molecule has 1 aliphatic rings. The smallest absolute Gasteiger partial charge is 0.0534 e. The lowest BCUT2D eigenvalue weighted by Gasteiger charge is -2.21. The number of hydrogen-bond acceptors (Lipinski definition) is 3. The molecule has 0 aliphatic carbocycles. The number of nitrogens with one attached hydrogen (secondary N) is 1. The summed E-state index contributed by atoms with van der Waals surface area (Å²) in [5.41, 5.74) is 1.27. The van der Waals surface area contributed by atoms with E-state index in [-0.39, 0.29) is 0 Å². The quantitative estimate of drug-likeness (QED) is 0.849. The lowest BCUT2D eigenvalue weighted by atomic mass is 10.0. The first-order valence-corrected chi connectivity index (χ1v) is 6.56. The Morgan fingerprint density at radius 2 is 2.24 bits per heavy atom. The maximum absolute atomic E-state index is 5.37. The van der Waals surface area contributed by atoms with Gasteiger partial charge in [-0.05, 0) is 18.8 Å². The Morgan fingerprint density at radius 1 is 1.47 bits per heavy atom. The summed E-state index contributed by atoms with van der Waals surface area (Å²) in [6, 6.07) is 0.522. The maximum atomic E-state index is 5.37. The standard InChI is InChI=1S/C13H23N3O/c1-11(2)14-7-13-8-15-16(10-13)9-12-3-5-17-6-4-12/h8,10-12,14H,3-7,9H2,1-2H3. The van der Waals surface area contributed by atoms with Crippen molar-refractivity contribution in [3.05, 3.63) is 18.0 Å². The predicted octanol–water partition coefficient (Wildman–Crippen LogP) is 1.81. The van der Waals surface area contributed by atoms with Gasteiger partial charge in [0.25, 0.3) is 0 Å². The first-order chi connectivity index (χ1) is 8.24. The second kappa shape index (κ2) is 6.17. The summed E-state index contributed by atoms with van der Waals surface area (Å²) >= 11 is 0. The zero-order valence-electron chi connectivity index (χ0n) is 10.9. The van der Waals surface area contributed by atoms with Gasteiger partial charge in [-0.15, -0.1) is 0 Å². The van der Waals surface area contributed by atoms with Crippen molar-refractivity contribution in [3.8, 4) is 0 Å². The van der Waals surface area contributed by atoms with Gasteiger partial charge in [0.15, 0.2) is 0 Å². The molecule has 1 aromatic rings. The van der Waals surface area contributed by atoms with Crippen molar-refractivity contribution in [3.63, 3.8) is 0 Å². The van der Waals surface area contributed by atoms with Crippen LogP contribution in [0.4, 0.5) is 0 Å². The first-order valence-electron chi connectivity index (χ1n) is 6.56. The largest absolute Gasteiger partial charge is 0.381 e. The molecular weight excluding hydrogens is 214 g/mol. The van der Waals surface area contributed by atoms with Crippen molar-refractivity contribution in [2.45, 2.75) is 45.8 Å². The molecule has 2 rings (SSSR count). The van der Waals surface area contributed by atoms with Crippen LogP contribution in [0, 0.1) is 5.92 Å². The summed E-state index contributed by atoms with van der Waals surface area (Å²) in [5, 5.41) is 7.83. The van der Waals surface area contributed by atoms with Gasteiger partial charge in [0.2, 0.25) is 0 Å². The zero-order valence-corrected chi connectivity index (χ0v) is 10.9. The number of rotatable bonds is 5. The second-order valence-corrected chi connectivity index (χ2v) is 5.16. The van der Waals surface area contributed by atoms with Gasteiger partial charge >= 0.3 is 0 Å². The summed E-state index contributed by atoms with van der Waals surface area (Å²) in [6.07, 6.45) is 6.46. The van der Waals surface area contributed by atoms with E-state index in [2.05, 4.69) is 35.1 Å². The lowest BCUT2D eigenvalue weighted by Crippen LogP contribution is -2.22. The molecule has 0 spiro atoms. The highest BCUT2D eigenvalue weighted by Crippen LogP contribution is 2.16. The van der Waals surface area contributed by atoms with Crippen molar-refractivity contribution >= 4 is 0 Å². The van der Waals surface area contributed by atoms with Crippen LogP contribution in [-0.4, -0.2) is 29.0 Å². The van der Waals surface area contributed by atoms with Crippen LogP contribution in [0.25, 0.3) is 0 Å². The highest BCUT2D eigenvalue weighted by molar-refractivity contribution is 5.03. The summed E-state index contributed by atoms with van der Waals surface area (Å²) in [5.74, 6) is 0.731. The van der Waals surface area contributed by atoms with Gasteiger partial charge in [-0.2, -0.15) is 5.10 Å². The Bertz CT molecular complexity index is 329. The minimum atomic E-state index is 0.522. The molecule has 0 amide bonds. The summed E-state index contributed by atoms with van der Waals surface area (Å²) in [7, 11) is 0. The van der Waals surface area contributed by atoms with Crippen molar-refractivity contribution in [2.75, 3.05) is 13.2 Å². The van der Waals surface area contributed by atoms with E-state index >= 15 is 0 Å². The van der Waals surface area contributed by atoms with Crippen LogP contribution < -0.4 is 5.32 Å². The Morgan fingerprint density at radius 3 is 2.94 bits per heavy atom. The summed E-state index contributed by atoms with van der Waals surface area (Å²) in [4.78, 5) is 0. The Labute approximate surface area is 103 Å². The van der Waals surface area contributed by atoms with Gasteiger partial charge in [-0.3, -0.25) is 4.68 Å². The molecule has 1 aliphatic heterocycles.